The number of carbonyl (C=O) groups is 1. The number of anilines is 1. The molecule has 0 unspecified atom stereocenters. The number of rotatable bonds is 2. The monoisotopic (exact) mass is 214 g/mol. The van der Waals surface area contributed by atoms with Crippen LogP contribution in [0.4, 0.5) is 5.13 Å². The number of carboxylic acids is 1. The van der Waals surface area contributed by atoms with Gasteiger partial charge in [0, 0.05) is 26.2 Å². The summed E-state index contributed by atoms with van der Waals surface area (Å²) in [5.41, 5.74) is 0. The Morgan fingerprint density at radius 3 is 2.71 bits per heavy atom. The zero-order valence-electron chi connectivity index (χ0n) is 7.43. The number of carboxylic acid groups (broad SMARTS) is 1. The molecule has 1 saturated heterocycles. The van der Waals surface area contributed by atoms with E-state index in [2.05, 4.69) is 15.5 Å². The maximum absolute atomic E-state index is 10.6. The molecule has 2 rings (SSSR count). The average Bonchev–Trinajstić information content (AvgIpc) is 2.68. The van der Waals surface area contributed by atoms with E-state index in [0.29, 0.717) is 5.13 Å². The average molecular weight is 214 g/mol. The van der Waals surface area contributed by atoms with Crippen LogP contribution in [0.25, 0.3) is 0 Å². The molecule has 1 aromatic rings. The highest BCUT2D eigenvalue weighted by atomic mass is 32.1. The van der Waals surface area contributed by atoms with E-state index < -0.39 is 5.97 Å². The molecule has 0 radical (unpaired) electrons. The van der Waals surface area contributed by atoms with Crippen molar-refractivity contribution in [3.8, 4) is 0 Å². The molecule has 2 N–H and O–H groups in total. The summed E-state index contributed by atoms with van der Waals surface area (Å²) in [6.07, 6.45) is 0. The van der Waals surface area contributed by atoms with Crippen molar-refractivity contribution < 1.29 is 9.90 Å². The van der Waals surface area contributed by atoms with Gasteiger partial charge in [-0.05, 0) is 0 Å². The molecule has 0 bridgehead atoms. The molecule has 1 aromatic heterocycles. The predicted octanol–water partition coefficient (Wildman–Crippen LogP) is -0.354. The van der Waals surface area contributed by atoms with Gasteiger partial charge in [-0.2, -0.15) is 0 Å². The van der Waals surface area contributed by atoms with Crippen LogP contribution >= 0.6 is 11.3 Å². The number of hydrogen-bond donors (Lipinski definition) is 2. The molecular weight excluding hydrogens is 204 g/mol. The molecule has 0 aliphatic carbocycles. The minimum atomic E-state index is -1.01. The molecule has 0 amide bonds. The van der Waals surface area contributed by atoms with Gasteiger partial charge in [0.05, 0.1) is 0 Å². The highest BCUT2D eigenvalue weighted by Gasteiger charge is 2.17. The topological polar surface area (TPSA) is 78.3 Å². The Bertz CT molecular complexity index is 334. The van der Waals surface area contributed by atoms with Crippen LogP contribution in [0.3, 0.4) is 0 Å². The highest BCUT2D eigenvalue weighted by Crippen LogP contribution is 2.20. The van der Waals surface area contributed by atoms with Crippen molar-refractivity contribution in [1.29, 1.82) is 0 Å². The van der Waals surface area contributed by atoms with Crippen molar-refractivity contribution in [3.05, 3.63) is 5.01 Å². The van der Waals surface area contributed by atoms with E-state index in [1.165, 1.54) is 0 Å². The number of hydrogen-bond acceptors (Lipinski definition) is 6. The second-order valence-electron chi connectivity index (χ2n) is 2.93. The molecule has 6 nitrogen and oxygen atoms in total. The first-order valence-electron chi connectivity index (χ1n) is 4.30. The smallest absolute Gasteiger partial charge is 0.367 e. The summed E-state index contributed by atoms with van der Waals surface area (Å²) in [7, 11) is 0. The minimum absolute atomic E-state index is 0.0542. The van der Waals surface area contributed by atoms with Crippen molar-refractivity contribution in [1.82, 2.24) is 15.5 Å². The van der Waals surface area contributed by atoms with Gasteiger partial charge in [-0.25, -0.2) is 4.79 Å². The fourth-order valence-corrected chi connectivity index (χ4v) is 2.02. The standard InChI is InChI=1S/C7H10N4O2S/c12-6(13)5-9-10-7(14-5)11-3-1-8-2-4-11/h8H,1-4H2,(H,12,13). The van der Waals surface area contributed by atoms with Gasteiger partial charge in [-0.3, -0.25) is 0 Å². The Labute approximate surface area is 84.6 Å². The van der Waals surface area contributed by atoms with Gasteiger partial charge in [0.15, 0.2) is 0 Å². The lowest BCUT2D eigenvalue weighted by Gasteiger charge is -2.26. The van der Waals surface area contributed by atoms with Crippen LogP contribution in [0.2, 0.25) is 0 Å². The largest absolute Gasteiger partial charge is 0.476 e. The Kier molecular flexibility index (Phi) is 2.60. The van der Waals surface area contributed by atoms with Crippen LogP contribution in [0.1, 0.15) is 9.80 Å². The van der Waals surface area contributed by atoms with Gasteiger partial charge in [0.2, 0.25) is 10.1 Å². The van der Waals surface area contributed by atoms with E-state index in [1.807, 2.05) is 4.90 Å². The quantitative estimate of drug-likeness (QED) is 0.700. The fraction of sp³-hybridized carbons (Fsp3) is 0.571. The maximum Gasteiger partial charge on any atom is 0.367 e. The van der Waals surface area contributed by atoms with E-state index >= 15 is 0 Å². The van der Waals surface area contributed by atoms with Crippen molar-refractivity contribution >= 4 is 22.4 Å². The first-order chi connectivity index (χ1) is 6.77. The molecule has 1 fully saturated rings. The SMILES string of the molecule is O=C(O)c1nnc(N2CCNCC2)s1. The normalized spacial score (nSPS) is 17.0. The molecule has 0 spiro atoms. The molecule has 76 valence electrons. The first-order valence-corrected chi connectivity index (χ1v) is 5.11. The molecule has 0 atom stereocenters. The van der Waals surface area contributed by atoms with Gasteiger partial charge in [0.1, 0.15) is 0 Å². The van der Waals surface area contributed by atoms with E-state index in [-0.39, 0.29) is 5.01 Å². The van der Waals surface area contributed by atoms with Crippen LogP contribution in [-0.2, 0) is 0 Å². The minimum Gasteiger partial charge on any atom is -0.476 e. The zero-order chi connectivity index (χ0) is 9.97. The fourth-order valence-electron chi connectivity index (χ4n) is 1.29. The molecule has 7 heteroatoms. The third-order valence-corrected chi connectivity index (χ3v) is 2.96. The molecule has 0 saturated carbocycles. The molecular formula is C7H10N4O2S. The second kappa shape index (κ2) is 3.89. The Hall–Kier alpha value is -1.21. The van der Waals surface area contributed by atoms with Crippen LogP contribution in [0.15, 0.2) is 0 Å². The number of aromatic nitrogens is 2. The summed E-state index contributed by atoms with van der Waals surface area (Å²) < 4.78 is 0. The summed E-state index contributed by atoms with van der Waals surface area (Å²) in [6.45, 7) is 3.52. The van der Waals surface area contributed by atoms with Gasteiger partial charge >= 0.3 is 5.97 Å². The van der Waals surface area contributed by atoms with Crippen LogP contribution in [-0.4, -0.2) is 47.5 Å². The Balaban J connectivity index is 2.11. The summed E-state index contributed by atoms with van der Waals surface area (Å²) in [5, 5.41) is 20.1. The molecule has 14 heavy (non-hydrogen) atoms. The van der Waals surface area contributed by atoms with Crippen LogP contribution in [0, 0.1) is 0 Å². The summed E-state index contributed by atoms with van der Waals surface area (Å²) >= 11 is 1.12. The molecule has 0 aromatic carbocycles. The van der Waals surface area contributed by atoms with Gasteiger partial charge in [-0.15, -0.1) is 10.2 Å². The molecule has 1 aliphatic rings. The highest BCUT2D eigenvalue weighted by molar-refractivity contribution is 7.17. The molecule has 1 aliphatic heterocycles. The van der Waals surface area contributed by atoms with Gasteiger partial charge in [-0.1, -0.05) is 11.3 Å². The second-order valence-corrected chi connectivity index (χ2v) is 3.89. The van der Waals surface area contributed by atoms with Gasteiger partial charge < -0.3 is 15.3 Å². The Morgan fingerprint density at radius 2 is 2.14 bits per heavy atom. The van der Waals surface area contributed by atoms with E-state index in [9.17, 15) is 4.79 Å². The summed E-state index contributed by atoms with van der Waals surface area (Å²) in [5.74, 6) is -1.01. The number of nitrogens with one attached hydrogen (secondary N) is 1. The van der Waals surface area contributed by atoms with Gasteiger partial charge in [0.25, 0.3) is 0 Å². The number of piperazine rings is 1. The maximum atomic E-state index is 10.6. The molecule has 2 heterocycles. The third kappa shape index (κ3) is 1.83. The van der Waals surface area contributed by atoms with E-state index in [4.69, 9.17) is 5.11 Å². The van der Waals surface area contributed by atoms with Crippen LogP contribution < -0.4 is 10.2 Å². The number of nitrogens with zero attached hydrogens (tertiary/aromatic N) is 3. The van der Waals surface area contributed by atoms with Crippen molar-refractivity contribution in [3.63, 3.8) is 0 Å². The lowest BCUT2D eigenvalue weighted by molar-refractivity contribution is 0.0695. The lowest BCUT2D eigenvalue weighted by Crippen LogP contribution is -2.43. The number of aromatic carboxylic acids is 1. The van der Waals surface area contributed by atoms with Crippen LogP contribution in [0.5, 0.6) is 0 Å². The first kappa shape index (κ1) is 9.35. The van der Waals surface area contributed by atoms with Crippen molar-refractivity contribution in [2.45, 2.75) is 0 Å². The predicted molar refractivity (Wildman–Crippen MR) is 52.0 cm³/mol. The summed E-state index contributed by atoms with van der Waals surface area (Å²) in [4.78, 5) is 12.6. The van der Waals surface area contributed by atoms with E-state index in [1.54, 1.807) is 0 Å². The van der Waals surface area contributed by atoms with Crippen molar-refractivity contribution in [2.75, 3.05) is 31.1 Å². The zero-order valence-corrected chi connectivity index (χ0v) is 8.25. The third-order valence-electron chi connectivity index (χ3n) is 1.98. The van der Waals surface area contributed by atoms with Crippen molar-refractivity contribution in [2.24, 2.45) is 0 Å². The lowest BCUT2D eigenvalue weighted by atomic mass is 10.4. The summed E-state index contributed by atoms with van der Waals surface area (Å²) in [6, 6.07) is 0. The Morgan fingerprint density at radius 1 is 1.43 bits per heavy atom. The van der Waals surface area contributed by atoms with E-state index in [0.717, 1.165) is 37.5 Å².